The summed E-state index contributed by atoms with van der Waals surface area (Å²) >= 11 is 0. The molecule has 2 saturated carbocycles. The summed E-state index contributed by atoms with van der Waals surface area (Å²) in [5, 5.41) is 13.1. The highest BCUT2D eigenvalue weighted by Crippen LogP contribution is 2.47. The van der Waals surface area contributed by atoms with Gasteiger partial charge in [0.1, 0.15) is 41.6 Å². The maximum absolute atomic E-state index is 14.6. The number of alkyl halides is 1. The van der Waals surface area contributed by atoms with Crippen molar-refractivity contribution in [3.05, 3.63) is 54.1 Å². The Balaban J connectivity index is 1.04. The van der Waals surface area contributed by atoms with E-state index in [0.29, 0.717) is 49.5 Å². The zero-order valence-electron chi connectivity index (χ0n) is 34.2. The number of carbonyl (C=O) groups excluding carboxylic acids is 4. The highest BCUT2D eigenvalue weighted by atomic mass is 32.2. The molecule has 3 aliphatic rings. The number of nitrogens with one attached hydrogen (secondary N) is 4. The summed E-state index contributed by atoms with van der Waals surface area (Å²) in [5.74, 6) is -2.35. The number of sulfonamides is 1. The van der Waals surface area contributed by atoms with Gasteiger partial charge in [0.2, 0.25) is 21.8 Å². The van der Waals surface area contributed by atoms with E-state index in [0.717, 1.165) is 12.8 Å². The monoisotopic (exact) mass is 857 g/mol. The van der Waals surface area contributed by atoms with Crippen molar-refractivity contribution in [1.82, 2.24) is 35.4 Å². The smallest absolute Gasteiger partial charge is 0.272 e. The summed E-state index contributed by atoms with van der Waals surface area (Å²) < 4.78 is 73.4. The molecule has 5 atom stereocenters. The summed E-state index contributed by atoms with van der Waals surface area (Å²) in [5.41, 5.74) is -1.16. The molecule has 16 nitrogen and oxygen atoms in total. The van der Waals surface area contributed by atoms with Gasteiger partial charge in [-0.1, -0.05) is 25.0 Å². The molecule has 0 bridgehead atoms. The van der Waals surface area contributed by atoms with Crippen molar-refractivity contribution in [3.63, 3.8) is 0 Å². The molecule has 3 amide bonds. The van der Waals surface area contributed by atoms with Gasteiger partial charge in [-0.2, -0.15) is 5.10 Å². The van der Waals surface area contributed by atoms with Crippen molar-refractivity contribution < 1.29 is 50.6 Å². The van der Waals surface area contributed by atoms with Gasteiger partial charge in [-0.15, -0.1) is 0 Å². The van der Waals surface area contributed by atoms with Gasteiger partial charge < -0.3 is 35.0 Å². The number of methoxy groups -OCH3 is 1. The van der Waals surface area contributed by atoms with E-state index in [4.69, 9.17) is 14.2 Å². The Morgan fingerprint density at radius 2 is 1.93 bits per heavy atom. The third kappa shape index (κ3) is 10.2. The molecule has 2 aliphatic carbocycles. The Morgan fingerprint density at radius 3 is 2.63 bits per heavy atom. The van der Waals surface area contributed by atoms with E-state index in [2.05, 4.69) is 30.8 Å². The Kier molecular flexibility index (Phi) is 13.8. The van der Waals surface area contributed by atoms with Crippen LogP contribution in [0.5, 0.6) is 17.4 Å². The van der Waals surface area contributed by atoms with Crippen LogP contribution in [0.1, 0.15) is 89.0 Å². The van der Waals surface area contributed by atoms with Gasteiger partial charge in [0.25, 0.3) is 11.8 Å². The maximum atomic E-state index is 14.6. The van der Waals surface area contributed by atoms with Crippen molar-refractivity contribution in [3.8, 4) is 17.4 Å². The van der Waals surface area contributed by atoms with E-state index >= 15 is 0 Å². The van der Waals surface area contributed by atoms with Gasteiger partial charge >= 0.3 is 0 Å². The quantitative estimate of drug-likeness (QED) is 0.0646. The number of aryl methyl sites for hydroxylation is 1. The van der Waals surface area contributed by atoms with Gasteiger partial charge in [0.15, 0.2) is 11.6 Å². The lowest BCUT2D eigenvalue weighted by molar-refractivity contribution is -0.130. The molecule has 326 valence electrons. The number of rotatable bonds is 22. The number of unbranched alkanes of at least 4 members (excludes halogenated alkanes) is 3. The largest absolute Gasteiger partial charge is 0.491 e. The van der Waals surface area contributed by atoms with Crippen LogP contribution < -0.4 is 34.9 Å². The van der Waals surface area contributed by atoms with E-state index in [1.807, 2.05) is 26.0 Å². The second-order valence-electron chi connectivity index (χ2n) is 16.1. The average molecular weight is 858 g/mol. The fourth-order valence-electron chi connectivity index (χ4n) is 7.20. The van der Waals surface area contributed by atoms with Crippen LogP contribution in [-0.4, -0.2) is 102 Å². The second-order valence-corrected chi connectivity index (χ2v) is 18.3. The minimum Gasteiger partial charge on any atom is -0.491 e. The normalized spacial score (nSPS) is 22.4. The molecular weight excluding hydrogens is 805 g/mol. The van der Waals surface area contributed by atoms with Crippen LogP contribution in [0.25, 0.3) is 10.9 Å². The van der Waals surface area contributed by atoms with Crippen molar-refractivity contribution in [2.24, 2.45) is 5.92 Å². The molecule has 6 rings (SSSR count). The number of ether oxygens (including phenoxy) is 3. The molecule has 3 fully saturated rings. The zero-order valence-corrected chi connectivity index (χ0v) is 35.0. The number of hydrogen-bond acceptors (Lipinski definition) is 12. The predicted octanol–water partition coefficient (Wildman–Crippen LogP) is 3.82. The van der Waals surface area contributed by atoms with E-state index in [1.165, 1.54) is 36.2 Å². The van der Waals surface area contributed by atoms with Crippen LogP contribution >= 0.6 is 0 Å². The highest BCUT2D eigenvalue weighted by molar-refractivity contribution is 7.91. The minimum atomic E-state index is -3.98. The fraction of sp³-hybridized carbons (Fsp3) is 0.561. The molecular formula is C41H53F2N7O9S. The number of allylic oxidation sites excluding steroid dienone is 1. The Labute approximate surface area is 347 Å². The van der Waals surface area contributed by atoms with Crippen LogP contribution in [0, 0.1) is 11.7 Å². The number of aldehydes is 1. The first-order chi connectivity index (χ1) is 28.6. The lowest BCUT2D eigenvalue weighted by atomic mass is 10.1. The Bertz CT molecular complexity index is 2210. The standard InChI is InChI=1S/C41H53F2N7O9S/c1-25(2)58-34-21-33(29-12-13-30(43)36(57-4)35(29)46-34)59-28-20-32(44-23-28)38(53)47-41(39(54)49-60(55,56)40(3)15-16-40)22-26(41)10-8-6-5-7-9-11-27(24-51)45-37(52)31-14-18-50(48-31)19-17-42/h8,10,12-14,18,21,24-28,32,44H,5-7,9,11,15-17,19-20,22-23H2,1-4H3,(H,45,52)(H,47,53)(H,49,54)/b10-8-/t26?,27-,28+,32-,41+/m0/s1. The Hall–Kier alpha value is -5.17. The molecule has 1 aromatic carbocycles. The SMILES string of the molecule is COc1c(F)ccc2c(O[C@H]3CN[C@H](C(=O)N[C@]4(C(=O)NS(=O)(=O)C5(C)CC5)CC4/C=C\CCCCC[C@@H](C=O)NC(=O)c4ccn(CCF)n4)C3)cc(OC(C)C)nc12. The first kappa shape index (κ1) is 44.4. The fourth-order valence-corrected chi connectivity index (χ4v) is 8.51. The number of hydrogen-bond donors (Lipinski definition) is 4. The van der Waals surface area contributed by atoms with Crippen molar-refractivity contribution >= 4 is 44.9 Å². The molecule has 4 N–H and O–H groups in total. The van der Waals surface area contributed by atoms with Crippen LogP contribution in [-0.2, 0) is 31.0 Å². The van der Waals surface area contributed by atoms with Gasteiger partial charge in [0.05, 0.1) is 36.6 Å². The first-order valence-electron chi connectivity index (χ1n) is 20.3. The number of amides is 3. The molecule has 60 heavy (non-hydrogen) atoms. The van der Waals surface area contributed by atoms with Gasteiger partial charge in [-0.25, -0.2) is 22.2 Å². The van der Waals surface area contributed by atoms with Crippen molar-refractivity contribution in [2.75, 3.05) is 20.3 Å². The van der Waals surface area contributed by atoms with Crippen LogP contribution in [0.15, 0.2) is 42.6 Å². The lowest BCUT2D eigenvalue weighted by Gasteiger charge is -2.22. The van der Waals surface area contributed by atoms with Crippen molar-refractivity contribution in [2.45, 2.75) is 120 Å². The third-order valence-electron chi connectivity index (χ3n) is 11.1. The second kappa shape index (κ2) is 18.6. The summed E-state index contributed by atoms with van der Waals surface area (Å²) in [6.07, 6.45) is 9.56. The van der Waals surface area contributed by atoms with Crippen LogP contribution in [0.4, 0.5) is 8.78 Å². The average Bonchev–Trinajstić information content (AvgIpc) is 3.97. The number of benzene rings is 1. The molecule has 0 radical (unpaired) electrons. The summed E-state index contributed by atoms with van der Waals surface area (Å²) in [4.78, 5) is 56.1. The summed E-state index contributed by atoms with van der Waals surface area (Å²) in [6, 6.07) is 4.37. The molecule has 2 aromatic heterocycles. The van der Waals surface area contributed by atoms with E-state index in [-0.39, 0.29) is 54.9 Å². The zero-order chi connectivity index (χ0) is 43.2. The van der Waals surface area contributed by atoms with Crippen LogP contribution in [0.3, 0.4) is 0 Å². The molecule has 0 spiro atoms. The molecule has 1 aliphatic heterocycles. The number of fused-ring (bicyclic) bond motifs is 1. The Morgan fingerprint density at radius 1 is 1.15 bits per heavy atom. The molecule has 19 heteroatoms. The minimum absolute atomic E-state index is 0.0316. The number of carbonyl (C=O) groups is 4. The molecule has 3 heterocycles. The highest BCUT2D eigenvalue weighted by Gasteiger charge is 2.62. The number of nitrogens with zero attached hydrogens (tertiary/aromatic N) is 3. The summed E-state index contributed by atoms with van der Waals surface area (Å²) in [6.45, 7) is 4.91. The number of aromatic nitrogens is 3. The third-order valence-corrected chi connectivity index (χ3v) is 13.3. The number of halogens is 2. The topological polar surface area (TPSA) is 209 Å². The predicted molar refractivity (Wildman–Crippen MR) is 216 cm³/mol. The van der Waals surface area contributed by atoms with E-state index < -0.39 is 74.6 Å². The van der Waals surface area contributed by atoms with E-state index in [1.54, 1.807) is 13.0 Å². The van der Waals surface area contributed by atoms with Gasteiger partial charge in [-0.3, -0.25) is 23.8 Å². The van der Waals surface area contributed by atoms with Gasteiger partial charge in [-0.05, 0) is 77.5 Å². The maximum Gasteiger partial charge on any atom is 0.272 e. The molecule has 1 unspecified atom stereocenters. The van der Waals surface area contributed by atoms with E-state index in [9.17, 15) is 36.4 Å². The van der Waals surface area contributed by atoms with Crippen molar-refractivity contribution in [1.29, 1.82) is 0 Å². The van der Waals surface area contributed by atoms with Crippen LogP contribution in [0.2, 0.25) is 0 Å². The van der Waals surface area contributed by atoms with Gasteiger partial charge in [0, 0.05) is 36.5 Å². The number of pyridine rings is 1. The molecule has 1 saturated heterocycles. The molecule has 3 aromatic rings. The lowest BCUT2D eigenvalue weighted by Crippen LogP contribution is -2.56. The first-order valence-corrected chi connectivity index (χ1v) is 21.7. The summed E-state index contributed by atoms with van der Waals surface area (Å²) in [7, 11) is -2.64.